The Morgan fingerprint density at radius 1 is 0.912 bits per heavy atom. The van der Waals surface area contributed by atoms with Crippen molar-refractivity contribution in [2.75, 3.05) is 13.1 Å². The molecule has 0 spiro atoms. The number of allylic oxidation sites excluding steroid dienone is 2. The first-order valence-electron chi connectivity index (χ1n) is 12.6. The zero-order valence-electron chi connectivity index (χ0n) is 21.5. The Morgan fingerprint density at radius 2 is 1.53 bits per heavy atom. The van der Waals surface area contributed by atoms with Crippen LogP contribution in [0.5, 0.6) is 11.5 Å². The van der Waals surface area contributed by atoms with Gasteiger partial charge in [-0.2, -0.15) is 0 Å². The molecule has 3 rings (SSSR count). The van der Waals surface area contributed by atoms with E-state index in [0.29, 0.717) is 6.04 Å². The first kappa shape index (κ1) is 26.1. The molecule has 0 radical (unpaired) electrons. The number of hydrogen-bond acceptors (Lipinski definition) is 4. The van der Waals surface area contributed by atoms with Crippen LogP contribution in [0, 0.1) is 0 Å². The van der Waals surface area contributed by atoms with Gasteiger partial charge in [0.05, 0.1) is 12.2 Å². The first-order chi connectivity index (χ1) is 16.3. The molecule has 0 aromatic heterocycles. The summed E-state index contributed by atoms with van der Waals surface area (Å²) in [4.78, 5) is 2.49. The van der Waals surface area contributed by atoms with Gasteiger partial charge >= 0.3 is 0 Å². The van der Waals surface area contributed by atoms with Gasteiger partial charge in [-0.05, 0) is 95.8 Å². The Morgan fingerprint density at radius 3 is 2.15 bits per heavy atom. The Labute approximate surface area is 206 Å². The summed E-state index contributed by atoms with van der Waals surface area (Å²) in [5.74, 6) is 1.82. The molecule has 34 heavy (non-hydrogen) atoms. The number of ether oxygens (including phenoxy) is 2. The lowest BCUT2D eigenvalue weighted by atomic mass is 9.93. The molecule has 0 unspecified atom stereocenters. The van der Waals surface area contributed by atoms with E-state index in [1.54, 1.807) is 0 Å². The van der Waals surface area contributed by atoms with Crippen molar-refractivity contribution >= 4 is 0 Å². The van der Waals surface area contributed by atoms with Gasteiger partial charge in [-0.25, -0.2) is 0 Å². The monoisotopic (exact) mass is 462 g/mol. The molecule has 0 bridgehead atoms. The molecule has 184 valence electrons. The van der Waals surface area contributed by atoms with Crippen LogP contribution < -0.4 is 15.2 Å². The normalized spacial score (nSPS) is 15.0. The van der Waals surface area contributed by atoms with E-state index in [1.807, 2.05) is 12.2 Å². The summed E-state index contributed by atoms with van der Waals surface area (Å²) in [6.07, 6.45) is 7.72. The Hall–Kier alpha value is -2.56. The van der Waals surface area contributed by atoms with Crippen molar-refractivity contribution in [1.29, 1.82) is 0 Å². The molecule has 2 aromatic carbocycles. The van der Waals surface area contributed by atoms with Crippen LogP contribution in [-0.4, -0.2) is 36.2 Å². The van der Waals surface area contributed by atoms with Gasteiger partial charge in [-0.15, -0.1) is 13.2 Å². The standard InChI is InChI=1S/C30H42N2O2/c1-7-9-23-11-12-29(33-21(3)4)27(18-23)28-19-24(10-8-2)17-25(30(28)34-22(5)6)20-32-15-13-26(31)14-16-32/h7-8,11-12,17-19,21-22,26H,1-2,9-10,13-16,20,31H2,3-6H3. The van der Waals surface area contributed by atoms with Crippen LogP contribution in [0.1, 0.15) is 57.2 Å². The summed E-state index contributed by atoms with van der Waals surface area (Å²) >= 11 is 0. The SMILES string of the molecule is C=CCc1ccc(OC(C)C)c(-c2cc(CC=C)cc(CN3CCC(N)CC3)c2OC(C)C)c1. The van der Waals surface area contributed by atoms with E-state index >= 15 is 0 Å². The van der Waals surface area contributed by atoms with Crippen LogP contribution in [0.4, 0.5) is 0 Å². The quantitative estimate of drug-likeness (QED) is 0.398. The molecule has 4 nitrogen and oxygen atoms in total. The molecule has 0 atom stereocenters. The maximum atomic E-state index is 6.53. The number of benzene rings is 2. The highest BCUT2D eigenvalue weighted by Gasteiger charge is 2.22. The van der Waals surface area contributed by atoms with Crippen molar-refractivity contribution in [3.05, 3.63) is 72.3 Å². The van der Waals surface area contributed by atoms with Gasteiger partial charge in [0.1, 0.15) is 11.5 Å². The summed E-state index contributed by atoms with van der Waals surface area (Å²) in [7, 11) is 0. The van der Waals surface area contributed by atoms with Gasteiger partial charge in [-0.3, -0.25) is 4.90 Å². The molecule has 0 saturated carbocycles. The number of hydrogen-bond donors (Lipinski definition) is 1. The lowest BCUT2D eigenvalue weighted by molar-refractivity contribution is 0.196. The highest BCUT2D eigenvalue weighted by atomic mass is 16.5. The first-order valence-corrected chi connectivity index (χ1v) is 12.6. The van der Waals surface area contributed by atoms with Crippen LogP contribution in [0.15, 0.2) is 55.6 Å². The van der Waals surface area contributed by atoms with Crippen molar-refractivity contribution in [3.8, 4) is 22.6 Å². The molecule has 1 heterocycles. The molecule has 2 aromatic rings. The number of rotatable bonds is 11. The minimum atomic E-state index is 0.0587. The second kappa shape index (κ2) is 12.2. The van der Waals surface area contributed by atoms with Gasteiger partial charge in [-0.1, -0.05) is 24.3 Å². The second-order valence-corrected chi connectivity index (χ2v) is 9.89. The lowest BCUT2D eigenvalue weighted by Gasteiger charge is -2.31. The summed E-state index contributed by atoms with van der Waals surface area (Å²) in [6, 6.07) is 11.3. The fourth-order valence-corrected chi connectivity index (χ4v) is 4.52. The van der Waals surface area contributed by atoms with Crippen molar-refractivity contribution in [2.24, 2.45) is 5.73 Å². The highest BCUT2D eigenvalue weighted by molar-refractivity contribution is 5.78. The Bertz CT molecular complexity index is 972. The summed E-state index contributed by atoms with van der Waals surface area (Å²) in [6.45, 7) is 19.1. The van der Waals surface area contributed by atoms with Crippen LogP contribution in [0.25, 0.3) is 11.1 Å². The molecule has 4 heteroatoms. The average molecular weight is 463 g/mol. The molecule has 1 aliphatic rings. The van der Waals surface area contributed by atoms with Crippen molar-refractivity contribution in [1.82, 2.24) is 4.90 Å². The molecule has 0 aliphatic carbocycles. The van der Waals surface area contributed by atoms with E-state index in [4.69, 9.17) is 15.2 Å². The van der Waals surface area contributed by atoms with E-state index in [9.17, 15) is 0 Å². The Kier molecular flexibility index (Phi) is 9.37. The lowest BCUT2D eigenvalue weighted by Crippen LogP contribution is -2.39. The van der Waals surface area contributed by atoms with E-state index in [1.165, 1.54) is 16.7 Å². The average Bonchev–Trinajstić information content (AvgIpc) is 2.78. The summed E-state index contributed by atoms with van der Waals surface area (Å²) in [5, 5.41) is 0. The Balaban J connectivity index is 2.18. The van der Waals surface area contributed by atoms with Gasteiger partial charge in [0.2, 0.25) is 0 Å². The van der Waals surface area contributed by atoms with Crippen molar-refractivity contribution in [2.45, 2.75) is 78.2 Å². The fraction of sp³-hybridized carbons (Fsp3) is 0.467. The van der Waals surface area contributed by atoms with E-state index in [-0.39, 0.29) is 12.2 Å². The van der Waals surface area contributed by atoms with Gasteiger partial charge in [0, 0.05) is 29.3 Å². The molecular formula is C30H42N2O2. The third-order valence-electron chi connectivity index (χ3n) is 6.06. The molecule has 1 fully saturated rings. The predicted octanol–water partition coefficient (Wildman–Crippen LogP) is 6.31. The molecule has 2 N–H and O–H groups in total. The molecule has 1 aliphatic heterocycles. The third-order valence-corrected chi connectivity index (χ3v) is 6.06. The fourth-order valence-electron chi connectivity index (χ4n) is 4.52. The smallest absolute Gasteiger partial charge is 0.132 e. The minimum absolute atomic E-state index is 0.0587. The van der Waals surface area contributed by atoms with Crippen molar-refractivity contribution in [3.63, 3.8) is 0 Å². The van der Waals surface area contributed by atoms with Crippen LogP contribution in [0.2, 0.25) is 0 Å². The predicted molar refractivity (Wildman–Crippen MR) is 144 cm³/mol. The number of piperidine rings is 1. The molecular weight excluding hydrogens is 420 g/mol. The number of nitrogens with zero attached hydrogens (tertiary/aromatic N) is 1. The van der Waals surface area contributed by atoms with Gasteiger partial charge < -0.3 is 15.2 Å². The zero-order valence-corrected chi connectivity index (χ0v) is 21.5. The number of nitrogens with two attached hydrogens (primary N) is 1. The van der Waals surface area contributed by atoms with Crippen LogP contribution >= 0.6 is 0 Å². The highest BCUT2D eigenvalue weighted by Crippen LogP contribution is 2.42. The summed E-state index contributed by atoms with van der Waals surface area (Å²) < 4.78 is 12.8. The summed E-state index contributed by atoms with van der Waals surface area (Å²) in [5.41, 5.74) is 12.0. The van der Waals surface area contributed by atoms with Gasteiger partial charge in [0.15, 0.2) is 0 Å². The second-order valence-electron chi connectivity index (χ2n) is 9.89. The number of likely N-dealkylation sites (tertiary alicyclic amines) is 1. The van der Waals surface area contributed by atoms with Crippen molar-refractivity contribution < 1.29 is 9.47 Å². The maximum absolute atomic E-state index is 6.53. The van der Waals surface area contributed by atoms with Gasteiger partial charge in [0.25, 0.3) is 0 Å². The van der Waals surface area contributed by atoms with E-state index in [2.05, 4.69) is 76.1 Å². The minimum Gasteiger partial charge on any atom is -0.490 e. The third kappa shape index (κ3) is 6.97. The van der Waals surface area contributed by atoms with E-state index in [0.717, 1.165) is 67.9 Å². The van der Waals surface area contributed by atoms with Crippen LogP contribution in [0.3, 0.4) is 0 Å². The topological polar surface area (TPSA) is 47.7 Å². The molecule has 0 amide bonds. The largest absolute Gasteiger partial charge is 0.490 e. The zero-order chi connectivity index (χ0) is 24.7. The van der Waals surface area contributed by atoms with E-state index < -0.39 is 0 Å². The van der Waals surface area contributed by atoms with Crippen LogP contribution in [-0.2, 0) is 19.4 Å². The molecule has 1 saturated heterocycles. The maximum Gasteiger partial charge on any atom is 0.132 e.